The third kappa shape index (κ3) is 16.2. The zero-order valence-electron chi connectivity index (χ0n) is 34.1. The highest BCUT2D eigenvalue weighted by Crippen LogP contribution is 2.36. The molecule has 29 heteroatoms. The number of morpholine rings is 1. The topological polar surface area (TPSA) is 345 Å². The Kier molecular flexibility index (Phi) is 17.2. The Bertz CT molecular complexity index is 2840. The Morgan fingerprint density at radius 3 is 1.55 bits per heavy atom. The van der Waals surface area contributed by atoms with Gasteiger partial charge in [-0.3, -0.25) is 13.7 Å². The molecule has 2 heterocycles. The van der Waals surface area contributed by atoms with Crippen molar-refractivity contribution in [3.05, 3.63) is 84.9 Å². The second-order valence-corrected chi connectivity index (χ2v) is 18.9. The number of rotatable bonds is 23. The van der Waals surface area contributed by atoms with Gasteiger partial charge < -0.3 is 29.7 Å². The molecule has 1 fully saturated rings. The van der Waals surface area contributed by atoms with E-state index in [4.69, 9.17) is 19.5 Å². The fourth-order valence-corrected chi connectivity index (χ4v) is 7.40. The Balaban J connectivity index is 1.30. The first-order valence-electron chi connectivity index (χ1n) is 19.2. The molecule has 25 nitrogen and oxygen atoms in total. The first-order valence-corrected chi connectivity index (χ1v) is 24.6. The molecule has 66 heavy (non-hydrogen) atoms. The van der Waals surface area contributed by atoms with E-state index in [1.807, 2.05) is 4.90 Å². The van der Waals surface area contributed by atoms with Crippen molar-refractivity contribution in [2.24, 2.45) is 20.5 Å². The third-order valence-electron chi connectivity index (χ3n) is 8.64. The molecule has 0 amide bonds. The minimum absolute atomic E-state index is 0.0194. The maximum absolute atomic E-state index is 11.4. The molecule has 5 aromatic rings. The molecule has 0 spiro atoms. The van der Waals surface area contributed by atoms with E-state index in [1.165, 1.54) is 24.3 Å². The molecule has 4 aromatic carbocycles. The summed E-state index contributed by atoms with van der Waals surface area (Å²) in [6, 6.07) is 21.0. The maximum atomic E-state index is 11.4. The number of hydrogen-bond donors (Lipinski definition) is 6. The van der Waals surface area contributed by atoms with Crippen LogP contribution >= 0.6 is 12.0 Å². The number of hydrogen-bond acceptors (Lipinski definition) is 23. The van der Waals surface area contributed by atoms with E-state index in [9.17, 15) is 38.9 Å². The van der Waals surface area contributed by atoms with Gasteiger partial charge in [0.15, 0.2) is 0 Å². The SMILES string of the molecule is O=S(=O)(O)CCCOc1cc(N=Nc2ccc(SOOO)cc2)ccc1Nc1nc(Nc2ccc(N=Nc3ccc(S(=O)(=O)O)cc3)cc2OCCCS(=O)(=O)O)nc(N2CCOCC2)n1. The summed E-state index contributed by atoms with van der Waals surface area (Å²) in [6.07, 6.45) is -0.124. The minimum atomic E-state index is -4.42. The number of nitrogens with zero attached hydrogens (tertiary/aromatic N) is 8. The van der Waals surface area contributed by atoms with E-state index in [0.29, 0.717) is 53.9 Å². The molecular formula is C37H40N10O15S4. The predicted octanol–water partition coefficient (Wildman–Crippen LogP) is 7.01. The monoisotopic (exact) mass is 992 g/mol. The third-order valence-corrected chi connectivity index (χ3v) is 11.7. The van der Waals surface area contributed by atoms with Gasteiger partial charge in [-0.1, -0.05) is 5.04 Å². The summed E-state index contributed by atoms with van der Waals surface area (Å²) in [6.45, 7) is 1.40. The second-order valence-electron chi connectivity index (χ2n) is 13.6. The van der Waals surface area contributed by atoms with Gasteiger partial charge in [-0.25, -0.2) is 5.26 Å². The summed E-state index contributed by atoms with van der Waals surface area (Å²) < 4.78 is 118. The lowest BCUT2D eigenvalue weighted by Crippen LogP contribution is -2.37. The molecule has 0 unspecified atom stereocenters. The van der Waals surface area contributed by atoms with E-state index in [1.54, 1.807) is 48.5 Å². The van der Waals surface area contributed by atoms with Crippen LogP contribution in [0.2, 0.25) is 0 Å². The number of nitrogens with one attached hydrogen (secondary N) is 2. The number of aromatic nitrogens is 3. The number of azo groups is 2. The van der Waals surface area contributed by atoms with Gasteiger partial charge in [0.05, 0.1) is 89.0 Å². The molecule has 0 atom stereocenters. The van der Waals surface area contributed by atoms with E-state index in [0.717, 1.165) is 24.2 Å². The summed E-state index contributed by atoms with van der Waals surface area (Å²) in [5.41, 5.74) is 1.95. The lowest BCUT2D eigenvalue weighted by molar-refractivity contribution is -0.432. The molecule has 352 valence electrons. The predicted molar refractivity (Wildman–Crippen MR) is 237 cm³/mol. The average Bonchev–Trinajstić information content (AvgIpc) is 3.28. The van der Waals surface area contributed by atoms with Crippen LogP contribution in [0.4, 0.5) is 52.0 Å². The number of ether oxygens (including phenoxy) is 3. The van der Waals surface area contributed by atoms with Crippen LogP contribution in [-0.4, -0.2) is 110 Å². The largest absolute Gasteiger partial charge is 0.491 e. The van der Waals surface area contributed by atoms with Crippen molar-refractivity contribution in [3.8, 4) is 11.5 Å². The quantitative estimate of drug-likeness (QED) is 0.00956. The summed E-state index contributed by atoms with van der Waals surface area (Å²) in [7, 11) is -13.0. The number of anilines is 5. The van der Waals surface area contributed by atoms with E-state index in [-0.39, 0.29) is 71.7 Å². The van der Waals surface area contributed by atoms with Crippen molar-refractivity contribution >= 4 is 94.4 Å². The van der Waals surface area contributed by atoms with Crippen LogP contribution in [-0.2, 0) is 44.5 Å². The zero-order chi connectivity index (χ0) is 47.2. The lowest BCUT2D eigenvalue weighted by Gasteiger charge is -2.27. The molecule has 6 N–H and O–H groups in total. The van der Waals surface area contributed by atoms with Crippen LogP contribution in [0.25, 0.3) is 0 Å². The molecule has 0 aliphatic carbocycles. The smallest absolute Gasteiger partial charge is 0.294 e. The van der Waals surface area contributed by atoms with Gasteiger partial charge in [0.25, 0.3) is 30.4 Å². The highest BCUT2D eigenvalue weighted by Gasteiger charge is 2.20. The van der Waals surface area contributed by atoms with Crippen molar-refractivity contribution in [1.29, 1.82) is 0 Å². The average molecular weight is 993 g/mol. The van der Waals surface area contributed by atoms with Crippen LogP contribution in [0.15, 0.2) is 115 Å². The molecule has 1 aliphatic rings. The fraction of sp³-hybridized carbons (Fsp3) is 0.270. The van der Waals surface area contributed by atoms with Crippen molar-refractivity contribution < 1.29 is 67.8 Å². The van der Waals surface area contributed by atoms with Crippen LogP contribution in [0.5, 0.6) is 11.5 Å². The van der Waals surface area contributed by atoms with Gasteiger partial charge in [0, 0.05) is 30.1 Å². The Hall–Kier alpha value is -5.99. The molecule has 0 saturated carbocycles. The molecular weight excluding hydrogens is 953 g/mol. The Labute approximate surface area is 381 Å². The standard InChI is InChI=1S/C37H40N10O15S4/c48-61-62-63-29-9-3-25(4-10-29)43-45-27-7-13-31(33(23-27)59-17-1-21-64(49,50)51)38-35-40-36(42-37(41-35)47-15-19-58-20-16-47)39-32-14-8-28(24-34(32)60-18-2-22-65(52,53)54)46-44-26-5-11-30(12-6-26)66(55,56)57/h3-14,23-24,48H,1-2,15-22H2,(H,49,50,51)(H,52,53,54)(H,55,56,57)(H2,38,39,40,41,42). The zero-order valence-corrected chi connectivity index (χ0v) is 37.4. The van der Waals surface area contributed by atoms with Gasteiger partial charge in [0.1, 0.15) is 11.5 Å². The van der Waals surface area contributed by atoms with Crippen molar-refractivity contribution in [2.45, 2.75) is 22.6 Å². The summed E-state index contributed by atoms with van der Waals surface area (Å²) in [4.78, 5) is 16.0. The normalized spacial score (nSPS) is 13.6. The van der Waals surface area contributed by atoms with Gasteiger partial charge in [-0.15, -0.1) is 4.33 Å². The van der Waals surface area contributed by atoms with Gasteiger partial charge in [-0.2, -0.15) is 60.7 Å². The molecule has 0 bridgehead atoms. The van der Waals surface area contributed by atoms with Gasteiger partial charge in [-0.05, 0) is 85.6 Å². The Morgan fingerprint density at radius 2 is 1.09 bits per heavy atom. The Morgan fingerprint density at radius 1 is 0.636 bits per heavy atom. The van der Waals surface area contributed by atoms with E-state index >= 15 is 0 Å². The molecule has 1 aliphatic heterocycles. The highest BCUT2D eigenvalue weighted by atomic mass is 32.2. The minimum Gasteiger partial charge on any atom is -0.491 e. The van der Waals surface area contributed by atoms with Crippen LogP contribution < -0.4 is 25.0 Å². The molecule has 0 radical (unpaired) electrons. The first kappa shape index (κ1) is 49.4. The van der Waals surface area contributed by atoms with Crippen LogP contribution in [0.1, 0.15) is 12.8 Å². The lowest BCUT2D eigenvalue weighted by atomic mass is 10.2. The fourth-order valence-electron chi connectivity index (χ4n) is 5.60. The summed E-state index contributed by atoms with van der Waals surface area (Å²) >= 11 is 0.774. The molecule has 1 aromatic heterocycles. The van der Waals surface area contributed by atoms with E-state index < -0.39 is 41.9 Å². The van der Waals surface area contributed by atoms with Gasteiger partial charge >= 0.3 is 0 Å². The molecule has 6 rings (SSSR count). The second kappa shape index (κ2) is 23.0. The van der Waals surface area contributed by atoms with E-state index in [2.05, 4.69) is 55.4 Å². The number of benzene rings is 4. The van der Waals surface area contributed by atoms with Crippen molar-refractivity contribution in [3.63, 3.8) is 0 Å². The van der Waals surface area contributed by atoms with Crippen LogP contribution in [0, 0.1) is 0 Å². The van der Waals surface area contributed by atoms with Crippen molar-refractivity contribution in [1.82, 2.24) is 15.0 Å². The summed E-state index contributed by atoms with van der Waals surface area (Å²) in [5, 5.41) is 35.1. The summed E-state index contributed by atoms with van der Waals surface area (Å²) in [5.74, 6) is -0.475. The highest BCUT2D eigenvalue weighted by molar-refractivity contribution is 7.94. The maximum Gasteiger partial charge on any atom is 0.294 e. The van der Waals surface area contributed by atoms with Gasteiger partial charge in [0.2, 0.25) is 17.8 Å². The van der Waals surface area contributed by atoms with Crippen LogP contribution in [0.3, 0.4) is 0 Å². The van der Waals surface area contributed by atoms with Crippen molar-refractivity contribution in [2.75, 3.05) is 66.6 Å². The first-order chi connectivity index (χ1) is 31.5. The molecule has 1 saturated heterocycles.